The number of benzene rings is 1. The van der Waals surface area contributed by atoms with Crippen LogP contribution >= 0.6 is 31.9 Å². The van der Waals surface area contributed by atoms with E-state index in [1.807, 2.05) is 0 Å². The Morgan fingerprint density at radius 1 is 1.07 bits per heavy atom. The molecule has 0 heterocycles. The summed E-state index contributed by atoms with van der Waals surface area (Å²) < 4.78 is 26.4. The van der Waals surface area contributed by atoms with Crippen LogP contribution in [0.2, 0.25) is 0 Å². The van der Waals surface area contributed by atoms with Crippen molar-refractivity contribution in [1.82, 2.24) is 0 Å². The molecule has 0 saturated carbocycles. The summed E-state index contributed by atoms with van der Waals surface area (Å²) in [5.74, 6) is -0.713. The first kappa shape index (κ1) is 12.1. The predicted octanol–water partition coefficient (Wildman–Crippen LogP) is 3.91. The molecule has 0 amide bonds. The molecule has 0 bridgehead atoms. The van der Waals surface area contributed by atoms with Gasteiger partial charge < -0.3 is 0 Å². The van der Waals surface area contributed by atoms with Crippen LogP contribution in [-0.2, 0) is 6.42 Å². The summed E-state index contributed by atoms with van der Waals surface area (Å²) in [4.78, 5) is 0. The summed E-state index contributed by atoms with van der Waals surface area (Å²) in [5.41, 5.74) is 0.177. The molecule has 0 fully saturated rings. The summed E-state index contributed by atoms with van der Waals surface area (Å²) in [6.07, 6.45) is 0.412. The van der Waals surface area contributed by atoms with Gasteiger partial charge in [0, 0.05) is 16.2 Å². The molecular formula is C10H10Br2F2. The molecule has 1 aromatic rings. The molecule has 1 rings (SSSR count). The molecule has 0 saturated heterocycles. The van der Waals surface area contributed by atoms with Gasteiger partial charge in [0.05, 0.1) is 0 Å². The Morgan fingerprint density at radius 3 is 2.00 bits per heavy atom. The Balaban J connectivity index is 2.84. The lowest BCUT2D eigenvalue weighted by atomic mass is 10.0. The Bertz CT molecular complexity index is 278. The van der Waals surface area contributed by atoms with Crippen LogP contribution in [0.4, 0.5) is 8.78 Å². The van der Waals surface area contributed by atoms with Gasteiger partial charge in [0.25, 0.3) is 0 Å². The van der Waals surface area contributed by atoms with E-state index in [-0.39, 0.29) is 11.5 Å². The molecule has 1 aromatic carbocycles. The highest BCUT2D eigenvalue weighted by Crippen LogP contribution is 2.19. The van der Waals surface area contributed by atoms with Gasteiger partial charge in [-0.25, -0.2) is 8.78 Å². The maximum atomic E-state index is 13.2. The lowest BCUT2D eigenvalue weighted by molar-refractivity contribution is 0.531. The van der Waals surface area contributed by atoms with Crippen molar-refractivity contribution in [2.45, 2.75) is 6.42 Å². The highest BCUT2D eigenvalue weighted by Gasteiger charge is 2.13. The van der Waals surface area contributed by atoms with Crippen molar-refractivity contribution in [2.24, 2.45) is 5.92 Å². The van der Waals surface area contributed by atoms with Crippen LogP contribution in [0.5, 0.6) is 0 Å². The lowest BCUT2D eigenvalue weighted by Gasteiger charge is -2.11. The molecule has 14 heavy (non-hydrogen) atoms. The first-order valence-corrected chi connectivity index (χ1v) is 6.48. The quantitative estimate of drug-likeness (QED) is 0.735. The first-order valence-electron chi connectivity index (χ1n) is 4.23. The smallest absolute Gasteiger partial charge is 0.129 e. The fourth-order valence-electron chi connectivity index (χ4n) is 1.17. The van der Waals surface area contributed by atoms with Crippen LogP contribution in [0.25, 0.3) is 0 Å². The molecule has 0 aliphatic carbocycles. The lowest BCUT2D eigenvalue weighted by Crippen LogP contribution is -2.10. The molecular weight excluding hydrogens is 318 g/mol. The second-order valence-electron chi connectivity index (χ2n) is 3.08. The van der Waals surface area contributed by atoms with E-state index in [0.717, 1.165) is 10.7 Å². The average Bonchev–Trinajstić information content (AvgIpc) is 2.18. The van der Waals surface area contributed by atoms with Crippen molar-refractivity contribution in [3.05, 3.63) is 35.4 Å². The maximum absolute atomic E-state index is 13.2. The van der Waals surface area contributed by atoms with Crippen LogP contribution in [0, 0.1) is 17.6 Å². The van der Waals surface area contributed by atoms with Gasteiger partial charge in [0.1, 0.15) is 11.6 Å². The maximum Gasteiger partial charge on any atom is 0.129 e. The van der Waals surface area contributed by atoms with Crippen LogP contribution in [0.3, 0.4) is 0 Å². The third-order valence-electron chi connectivity index (χ3n) is 1.99. The monoisotopic (exact) mass is 326 g/mol. The van der Waals surface area contributed by atoms with E-state index in [2.05, 4.69) is 31.9 Å². The van der Waals surface area contributed by atoms with Gasteiger partial charge in [-0.3, -0.25) is 0 Å². The van der Waals surface area contributed by atoms with Crippen molar-refractivity contribution < 1.29 is 8.78 Å². The third-order valence-corrected chi connectivity index (χ3v) is 3.82. The van der Waals surface area contributed by atoms with E-state index in [0.29, 0.717) is 6.42 Å². The van der Waals surface area contributed by atoms with Gasteiger partial charge in [-0.05, 0) is 24.5 Å². The molecule has 0 aliphatic rings. The van der Waals surface area contributed by atoms with Crippen LogP contribution < -0.4 is 0 Å². The zero-order valence-electron chi connectivity index (χ0n) is 7.44. The van der Waals surface area contributed by atoms with Crippen molar-refractivity contribution in [1.29, 1.82) is 0 Å². The SMILES string of the molecule is Fc1cccc(F)c1CC(CBr)CBr. The molecule has 78 valence electrons. The molecule has 0 unspecified atom stereocenters. The van der Waals surface area contributed by atoms with Crippen molar-refractivity contribution in [3.63, 3.8) is 0 Å². The van der Waals surface area contributed by atoms with Crippen LogP contribution in [0.15, 0.2) is 18.2 Å². The molecule has 0 aromatic heterocycles. The number of hydrogen-bond donors (Lipinski definition) is 0. The summed E-state index contributed by atoms with van der Waals surface area (Å²) in [7, 11) is 0. The molecule has 0 N–H and O–H groups in total. The van der Waals surface area contributed by atoms with Crippen molar-refractivity contribution >= 4 is 31.9 Å². The van der Waals surface area contributed by atoms with E-state index in [9.17, 15) is 8.78 Å². The second kappa shape index (κ2) is 5.81. The summed E-state index contributed by atoms with van der Waals surface area (Å²) in [6, 6.07) is 3.96. The Labute approximate surface area is 99.0 Å². The number of hydrogen-bond acceptors (Lipinski definition) is 0. The Kier molecular flexibility index (Phi) is 5.02. The molecule has 0 spiro atoms. The highest BCUT2D eigenvalue weighted by atomic mass is 79.9. The van der Waals surface area contributed by atoms with Gasteiger partial charge in [-0.1, -0.05) is 37.9 Å². The summed E-state index contributed by atoms with van der Waals surface area (Å²) >= 11 is 6.62. The van der Waals surface area contributed by atoms with E-state index in [4.69, 9.17) is 0 Å². The van der Waals surface area contributed by atoms with Crippen molar-refractivity contribution in [3.8, 4) is 0 Å². The molecule has 0 atom stereocenters. The third kappa shape index (κ3) is 3.02. The second-order valence-corrected chi connectivity index (χ2v) is 4.37. The van der Waals surface area contributed by atoms with Gasteiger partial charge in [0.2, 0.25) is 0 Å². The Morgan fingerprint density at radius 2 is 1.57 bits per heavy atom. The minimum absolute atomic E-state index is 0.177. The standard InChI is InChI=1S/C10H10Br2F2/c11-5-7(6-12)4-8-9(13)2-1-3-10(8)14/h1-3,7H,4-6H2. The normalized spacial score (nSPS) is 10.9. The van der Waals surface area contributed by atoms with Gasteiger partial charge in [-0.2, -0.15) is 0 Å². The van der Waals surface area contributed by atoms with Gasteiger partial charge in [0.15, 0.2) is 0 Å². The molecule has 0 aliphatic heterocycles. The van der Waals surface area contributed by atoms with E-state index < -0.39 is 11.6 Å². The fraction of sp³-hybridized carbons (Fsp3) is 0.400. The summed E-state index contributed by atoms with van der Waals surface area (Å²) in [5, 5.41) is 1.46. The van der Waals surface area contributed by atoms with Gasteiger partial charge in [-0.15, -0.1) is 0 Å². The number of rotatable bonds is 4. The average molecular weight is 328 g/mol. The minimum Gasteiger partial charge on any atom is -0.207 e. The van der Waals surface area contributed by atoms with Gasteiger partial charge >= 0.3 is 0 Å². The zero-order chi connectivity index (χ0) is 10.6. The van der Waals surface area contributed by atoms with E-state index in [1.54, 1.807) is 0 Å². The fourth-order valence-corrected chi connectivity index (χ4v) is 2.70. The first-order chi connectivity index (χ1) is 6.69. The molecule has 4 heteroatoms. The summed E-state index contributed by atoms with van der Waals surface area (Å²) in [6.45, 7) is 0. The number of alkyl halides is 2. The molecule has 0 nitrogen and oxygen atoms in total. The van der Waals surface area contributed by atoms with Crippen molar-refractivity contribution in [2.75, 3.05) is 10.7 Å². The predicted molar refractivity (Wildman–Crippen MR) is 61.1 cm³/mol. The Hall–Kier alpha value is 0.0400. The largest absolute Gasteiger partial charge is 0.207 e. The van der Waals surface area contributed by atoms with E-state index in [1.165, 1.54) is 18.2 Å². The van der Waals surface area contributed by atoms with Crippen LogP contribution in [-0.4, -0.2) is 10.7 Å². The van der Waals surface area contributed by atoms with E-state index >= 15 is 0 Å². The number of halogens is 4. The van der Waals surface area contributed by atoms with Crippen LogP contribution in [0.1, 0.15) is 5.56 Å². The highest BCUT2D eigenvalue weighted by molar-refractivity contribution is 9.09. The molecule has 0 radical (unpaired) electrons. The zero-order valence-corrected chi connectivity index (χ0v) is 10.6. The topological polar surface area (TPSA) is 0 Å². The minimum atomic E-state index is -0.461.